The number of carbonyl (C=O) groups is 1. The average molecular weight is 365 g/mol. The summed E-state index contributed by atoms with van der Waals surface area (Å²) in [5.74, 6) is 0.0570. The molecule has 3 aromatic rings. The Morgan fingerprint density at radius 3 is 2.33 bits per heavy atom. The van der Waals surface area contributed by atoms with Crippen LogP contribution in [0.4, 0.5) is 22.9 Å². The van der Waals surface area contributed by atoms with Gasteiger partial charge in [0, 0.05) is 18.3 Å². The first-order valence-corrected chi connectivity index (χ1v) is 7.90. The van der Waals surface area contributed by atoms with Crippen LogP contribution in [0.25, 0.3) is 0 Å². The van der Waals surface area contributed by atoms with E-state index in [2.05, 4.69) is 20.6 Å². The average Bonchev–Trinajstić information content (AvgIpc) is 2.64. The molecule has 27 heavy (non-hydrogen) atoms. The van der Waals surface area contributed by atoms with Gasteiger partial charge >= 0.3 is 11.6 Å². The van der Waals surface area contributed by atoms with Crippen LogP contribution in [0.5, 0.6) is 11.6 Å². The van der Waals surface area contributed by atoms with Gasteiger partial charge in [0.15, 0.2) is 0 Å². The summed E-state index contributed by atoms with van der Waals surface area (Å²) in [6.07, 6.45) is 1.18. The van der Waals surface area contributed by atoms with E-state index in [0.717, 1.165) is 0 Å². The molecule has 0 atom stereocenters. The van der Waals surface area contributed by atoms with Crippen molar-refractivity contribution in [3.8, 4) is 11.6 Å². The fourth-order valence-corrected chi connectivity index (χ4v) is 2.27. The summed E-state index contributed by atoms with van der Waals surface area (Å²) in [5.41, 5.74) is 0.780. The predicted octanol–water partition coefficient (Wildman–Crippen LogP) is 3.88. The molecule has 0 aliphatic heterocycles. The lowest BCUT2D eigenvalue weighted by Gasteiger charge is -2.10. The number of anilines is 3. The fourth-order valence-electron chi connectivity index (χ4n) is 2.27. The molecule has 1 aromatic heterocycles. The smallest absolute Gasteiger partial charge is 0.373 e. The molecule has 3 rings (SSSR count). The van der Waals surface area contributed by atoms with E-state index in [1.807, 2.05) is 0 Å². The van der Waals surface area contributed by atoms with Crippen molar-refractivity contribution in [1.82, 2.24) is 9.97 Å². The molecule has 0 unspecified atom stereocenters. The van der Waals surface area contributed by atoms with Crippen LogP contribution < -0.4 is 15.4 Å². The molecule has 0 spiro atoms. The minimum atomic E-state index is -0.605. The van der Waals surface area contributed by atoms with Gasteiger partial charge in [-0.05, 0) is 36.4 Å². The molecule has 2 aromatic carbocycles. The first-order valence-electron chi connectivity index (χ1n) is 7.90. The first-order chi connectivity index (χ1) is 13.0. The van der Waals surface area contributed by atoms with E-state index in [0.29, 0.717) is 17.1 Å². The van der Waals surface area contributed by atoms with Crippen LogP contribution in [0.3, 0.4) is 0 Å². The highest BCUT2D eigenvalue weighted by Gasteiger charge is 2.25. The SMILES string of the molecule is CC(=O)Nc1ccc(Nc2ncnc(Oc3ccccc3)c2[N+](=O)[O-])cc1. The molecular formula is C18H15N5O4. The Kier molecular flexibility index (Phi) is 5.22. The molecular weight excluding hydrogens is 350 g/mol. The fraction of sp³-hybridized carbons (Fsp3) is 0.0556. The summed E-state index contributed by atoms with van der Waals surface area (Å²) in [6, 6.07) is 15.3. The third kappa shape index (κ3) is 4.54. The number of amides is 1. The monoisotopic (exact) mass is 365 g/mol. The Morgan fingerprint density at radius 1 is 1.04 bits per heavy atom. The summed E-state index contributed by atoms with van der Waals surface area (Å²) in [5, 5.41) is 17.1. The molecule has 0 saturated carbocycles. The number of para-hydroxylation sites is 1. The van der Waals surface area contributed by atoms with E-state index in [9.17, 15) is 14.9 Å². The minimum Gasteiger partial charge on any atom is -0.434 e. The number of nitrogens with one attached hydrogen (secondary N) is 2. The summed E-state index contributed by atoms with van der Waals surface area (Å²) in [4.78, 5) is 29.9. The Balaban J connectivity index is 1.88. The predicted molar refractivity (Wildman–Crippen MR) is 99.2 cm³/mol. The second kappa shape index (κ2) is 7.91. The topological polar surface area (TPSA) is 119 Å². The summed E-state index contributed by atoms with van der Waals surface area (Å²) in [6.45, 7) is 1.41. The van der Waals surface area contributed by atoms with Crippen LogP contribution in [0.1, 0.15) is 6.92 Å². The van der Waals surface area contributed by atoms with Crippen LogP contribution in [0.2, 0.25) is 0 Å². The quantitative estimate of drug-likeness (QED) is 0.502. The van der Waals surface area contributed by atoms with Crippen LogP contribution in [-0.4, -0.2) is 20.8 Å². The normalized spacial score (nSPS) is 10.1. The van der Waals surface area contributed by atoms with E-state index in [4.69, 9.17) is 4.74 Å². The van der Waals surface area contributed by atoms with Gasteiger partial charge in [0.1, 0.15) is 12.1 Å². The maximum atomic E-state index is 11.6. The third-order valence-electron chi connectivity index (χ3n) is 3.40. The van der Waals surface area contributed by atoms with Gasteiger partial charge in [-0.25, -0.2) is 4.98 Å². The minimum absolute atomic E-state index is 0.00629. The van der Waals surface area contributed by atoms with Gasteiger partial charge in [-0.15, -0.1) is 0 Å². The van der Waals surface area contributed by atoms with Crippen molar-refractivity contribution in [3.63, 3.8) is 0 Å². The van der Waals surface area contributed by atoms with Gasteiger partial charge in [-0.2, -0.15) is 4.98 Å². The lowest BCUT2D eigenvalue weighted by Crippen LogP contribution is -2.06. The number of nitrogens with zero attached hydrogens (tertiary/aromatic N) is 3. The lowest BCUT2D eigenvalue weighted by molar-refractivity contribution is -0.385. The van der Waals surface area contributed by atoms with E-state index >= 15 is 0 Å². The number of carbonyl (C=O) groups excluding carboxylic acids is 1. The van der Waals surface area contributed by atoms with Crippen molar-refractivity contribution >= 4 is 28.8 Å². The number of hydrogen-bond acceptors (Lipinski definition) is 7. The number of aromatic nitrogens is 2. The standard InChI is InChI=1S/C18H15N5O4/c1-12(24)21-13-7-9-14(10-8-13)22-17-16(23(25)26)18(20-11-19-17)27-15-5-3-2-4-6-15/h2-11H,1H3,(H,21,24)(H,19,20,22). The number of ether oxygens (including phenoxy) is 1. The summed E-state index contributed by atoms with van der Waals surface area (Å²) < 4.78 is 5.53. The zero-order valence-corrected chi connectivity index (χ0v) is 14.2. The molecule has 136 valence electrons. The van der Waals surface area contributed by atoms with Crippen LogP contribution in [0.15, 0.2) is 60.9 Å². The highest BCUT2D eigenvalue weighted by atomic mass is 16.6. The number of nitro groups is 1. The highest BCUT2D eigenvalue weighted by molar-refractivity contribution is 5.88. The molecule has 0 aliphatic rings. The molecule has 0 bridgehead atoms. The molecule has 0 aliphatic carbocycles. The van der Waals surface area contributed by atoms with E-state index in [-0.39, 0.29) is 23.3 Å². The Labute approximate surface area is 154 Å². The molecule has 9 nitrogen and oxygen atoms in total. The lowest BCUT2D eigenvalue weighted by atomic mass is 10.2. The highest BCUT2D eigenvalue weighted by Crippen LogP contribution is 2.35. The molecule has 0 saturated heterocycles. The zero-order chi connectivity index (χ0) is 19.2. The van der Waals surface area contributed by atoms with Gasteiger partial charge in [0.05, 0.1) is 4.92 Å². The van der Waals surface area contributed by atoms with Crippen LogP contribution >= 0.6 is 0 Å². The molecule has 9 heteroatoms. The van der Waals surface area contributed by atoms with Gasteiger partial charge in [-0.1, -0.05) is 18.2 Å². The van der Waals surface area contributed by atoms with E-state index < -0.39 is 4.92 Å². The largest absolute Gasteiger partial charge is 0.434 e. The molecule has 2 N–H and O–H groups in total. The molecule has 0 fully saturated rings. The molecule has 0 radical (unpaired) electrons. The number of hydrogen-bond donors (Lipinski definition) is 2. The van der Waals surface area contributed by atoms with Crippen molar-refractivity contribution in [2.24, 2.45) is 0 Å². The van der Waals surface area contributed by atoms with Crippen molar-refractivity contribution < 1.29 is 14.5 Å². The maximum absolute atomic E-state index is 11.6. The third-order valence-corrected chi connectivity index (χ3v) is 3.40. The van der Waals surface area contributed by atoms with Crippen molar-refractivity contribution in [1.29, 1.82) is 0 Å². The summed E-state index contributed by atoms with van der Waals surface area (Å²) >= 11 is 0. The maximum Gasteiger partial charge on any atom is 0.373 e. The van der Waals surface area contributed by atoms with Crippen LogP contribution in [-0.2, 0) is 4.79 Å². The number of rotatable bonds is 6. The Bertz CT molecular complexity index is 961. The number of benzene rings is 2. The van der Waals surface area contributed by atoms with Gasteiger partial charge in [0.25, 0.3) is 0 Å². The van der Waals surface area contributed by atoms with Crippen molar-refractivity contribution in [3.05, 3.63) is 71.0 Å². The van der Waals surface area contributed by atoms with Gasteiger partial charge < -0.3 is 15.4 Å². The van der Waals surface area contributed by atoms with Crippen molar-refractivity contribution in [2.45, 2.75) is 6.92 Å². The van der Waals surface area contributed by atoms with Crippen molar-refractivity contribution in [2.75, 3.05) is 10.6 Å². The summed E-state index contributed by atoms with van der Waals surface area (Å²) in [7, 11) is 0. The first kappa shape index (κ1) is 17.8. The second-order valence-electron chi connectivity index (χ2n) is 5.43. The Morgan fingerprint density at radius 2 is 1.70 bits per heavy atom. The van der Waals surface area contributed by atoms with E-state index in [1.54, 1.807) is 54.6 Å². The zero-order valence-electron chi connectivity index (χ0n) is 14.2. The molecule has 1 amide bonds. The van der Waals surface area contributed by atoms with Crippen LogP contribution in [0, 0.1) is 10.1 Å². The second-order valence-corrected chi connectivity index (χ2v) is 5.43. The van der Waals surface area contributed by atoms with Gasteiger partial charge in [0.2, 0.25) is 11.7 Å². The van der Waals surface area contributed by atoms with Gasteiger partial charge in [-0.3, -0.25) is 14.9 Å². The molecule has 1 heterocycles. The Hall–Kier alpha value is -4.01. The van der Waals surface area contributed by atoms with E-state index in [1.165, 1.54) is 13.3 Å².